The van der Waals surface area contributed by atoms with Gasteiger partial charge in [-0.3, -0.25) is 4.79 Å². The van der Waals surface area contributed by atoms with Gasteiger partial charge in [0.05, 0.1) is 12.7 Å². The number of nitrogens with zero attached hydrogens (tertiary/aromatic N) is 1. The minimum absolute atomic E-state index is 0.148. The van der Waals surface area contributed by atoms with E-state index in [2.05, 4.69) is 10.3 Å². The molecule has 0 atom stereocenters. The Hall–Kier alpha value is -3.61. The lowest BCUT2D eigenvalue weighted by Crippen LogP contribution is -2.22. The van der Waals surface area contributed by atoms with Crippen molar-refractivity contribution in [1.29, 1.82) is 0 Å². The number of benzene rings is 2. The predicted octanol–water partition coefficient (Wildman–Crippen LogP) is 3.66. The van der Waals surface area contributed by atoms with Gasteiger partial charge in [-0.2, -0.15) is 0 Å². The number of phenols is 1. The quantitative estimate of drug-likeness (QED) is 0.694. The van der Waals surface area contributed by atoms with Crippen LogP contribution in [0.25, 0.3) is 0 Å². The number of ether oxygens (including phenoxy) is 2. The van der Waals surface area contributed by atoms with E-state index < -0.39 is 11.7 Å². The number of methoxy groups -OCH3 is 1. The van der Waals surface area contributed by atoms with Gasteiger partial charge in [0.15, 0.2) is 0 Å². The van der Waals surface area contributed by atoms with Crippen LogP contribution in [0.15, 0.2) is 60.8 Å². The number of pyridine rings is 1. The molecular weight excluding hydrogens is 351 g/mol. The molecule has 0 saturated heterocycles. The standard InChI is InChI=1S/C20H17FN2O4/c1-26-15-6-7-17(18(24)10-15)20(25)23-12-13-5-8-19(22-11-13)27-16-4-2-3-14(21)9-16/h2-11,24H,12H2,1H3,(H,23,25). The van der Waals surface area contributed by atoms with Crippen molar-refractivity contribution in [2.45, 2.75) is 6.54 Å². The van der Waals surface area contributed by atoms with E-state index in [-0.39, 0.29) is 17.9 Å². The van der Waals surface area contributed by atoms with Crippen LogP contribution in [0.4, 0.5) is 4.39 Å². The number of carbonyl (C=O) groups is 1. The summed E-state index contributed by atoms with van der Waals surface area (Å²) in [6, 6.07) is 13.6. The van der Waals surface area contributed by atoms with Gasteiger partial charge in [0.25, 0.3) is 5.91 Å². The monoisotopic (exact) mass is 368 g/mol. The summed E-state index contributed by atoms with van der Waals surface area (Å²) in [6.45, 7) is 0.220. The summed E-state index contributed by atoms with van der Waals surface area (Å²) in [5.74, 6) is 0.136. The van der Waals surface area contributed by atoms with Crippen LogP contribution >= 0.6 is 0 Å². The Morgan fingerprint density at radius 1 is 1.15 bits per heavy atom. The van der Waals surface area contributed by atoms with Crippen molar-refractivity contribution in [3.05, 3.63) is 77.7 Å². The van der Waals surface area contributed by atoms with E-state index in [0.717, 1.165) is 5.56 Å². The third kappa shape index (κ3) is 4.72. The first-order chi connectivity index (χ1) is 13.0. The molecule has 7 heteroatoms. The van der Waals surface area contributed by atoms with E-state index in [1.807, 2.05) is 0 Å². The number of aromatic hydroxyl groups is 1. The van der Waals surface area contributed by atoms with Crippen LogP contribution < -0.4 is 14.8 Å². The first kappa shape index (κ1) is 18.2. The third-order valence-corrected chi connectivity index (χ3v) is 3.72. The van der Waals surface area contributed by atoms with Gasteiger partial charge in [-0.05, 0) is 29.8 Å². The van der Waals surface area contributed by atoms with Crippen molar-refractivity contribution in [1.82, 2.24) is 10.3 Å². The highest BCUT2D eigenvalue weighted by Crippen LogP contribution is 2.23. The largest absolute Gasteiger partial charge is 0.507 e. The molecule has 138 valence electrons. The Morgan fingerprint density at radius 3 is 2.67 bits per heavy atom. The van der Waals surface area contributed by atoms with Crippen molar-refractivity contribution in [3.8, 4) is 23.1 Å². The molecule has 0 fully saturated rings. The van der Waals surface area contributed by atoms with E-state index in [9.17, 15) is 14.3 Å². The Labute approximate surface area is 155 Å². The maximum Gasteiger partial charge on any atom is 0.255 e. The van der Waals surface area contributed by atoms with E-state index in [1.165, 1.54) is 31.4 Å². The number of hydrogen-bond acceptors (Lipinski definition) is 5. The molecule has 0 bridgehead atoms. The summed E-state index contributed by atoms with van der Waals surface area (Å²) in [4.78, 5) is 16.3. The van der Waals surface area contributed by atoms with Crippen LogP contribution in [0.5, 0.6) is 23.1 Å². The highest BCUT2D eigenvalue weighted by molar-refractivity contribution is 5.96. The van der Waals surface area contributed by atoms with Crippen LogP contribution in [-0.4, -0.2) is 23.1 Å². The fourth-order valence-corrected chi connectivity index (χ4v) is 2.34. The van der Waals surface area contributed by atoms with Crippen molar-refractivity contribution < 1.29 is 23.8 Å². The van der Waals surface area contributed by atoms with Crippen LogP contribution in [-0.2, 0) is 6.54 Å². The molecule has 2 N–H and O–H groups in total. The summed E-state index contributed by atoms with van der Waals surface area (Å²) in [6.07, 6.45) is 1.54. The van der Waals surface area contributed by atoms with Crippen LogP contribution in [0, 0.1) is 5.82 Å². The van der Waals surface area contributed by atoms with Gasteiger partial charge in [-0.25, -0.2) is 9.37 Å². The number of carbonyl (C=O) groups excluding carboxylic acids is 1. The van der Waals surface area contributed by atoms with Crippen molar-refractivity contribution in [2.24, 2.45) is 0 Å². The molecule has 0 radical (unpaired) electrons. The number of hydrogen-bond donors (Lipinski definition) is 2. The van der Waals surface area contributed by atoms with Crippen molar-refractivity contribution in [3.63, 3.8) is 0 Å². The highest BCUT2D eigenvalue weighted by atomic mass is 19.1. The lowest BCUT2D eigenvalue weighted by atomic mass is 10.1. The molecule has 6 nitrogen and oxygen atoms in total. The van der Waals surface area contributed by atoms with Gasteiger partial charge in [-0.15, -0.1) is 0 Å². The van der Waals surface area contributed by atoms with Gasteiger partial charge in [0.2, 0.25) is 5.88 Å². The zero-order valence-electron chi connectivity index (χ0n) is 14.5. The van der Waals surface area contributed by atoms with Crippen LogP contribution in [0.2, 0.25) is 0 Å². The molecule has 2 aromatic carbocycles. The van der Waals surface area contributed by atoms with E-state index in [4.69, 9.17) is 9.47 Å². The lowest BCUT2D eigenvalue weighted by Gasteiger charge is -2.09. The zero-order valence-corrected chi connectivity index (χ0v) is 14.5. The molecule has 0 saturated carbocycles. The Balaban J connectivity index is 1.59. The fourth-order valence-electron chi connectivity index (χ4n) is 2.34. The van der Waals surface area contributed by atoms with Gasteiger partial charge in [0, 0.05) is 30.9 Å². The summed E-state index contributed by atoms with van der Waals surface area (Å²) in [5.41, 5.74) is 0.887. The van der Waals surface area contributed by atoms with E-state index in [0.29, 0.717) is 17.4 Å². The summed E-state index contributed by atoms with van der Waals surface area (Å²) in [7, 11) is 1.48. The minimum atomic E-state index is -0.421. The average molecular weight is 368 g/mol. The van der Waals surface area contributed by atoms with Gasteiger partial charge in [0.1, 0.15) is 23.1 Å². The first-order valence-electron chi connectivity index (χ1n) is 8.09. The van der Waals surface area contributed by atoms with Crippen molar-refractivity contribution >= 4 is 5.91 Å². The minimum Gasteiger partial charge on any atom is -0.507 e. The molecule has 0 aliphatic rings. The number of halogens is 1. The van der Waals surface area contributed by atoms with E-state index >= 15 is 0 Å². The third-order valence-electron chi connectivity index (χ3n) is 3.72. The second-order valence-electron chi connectivity index (χ2n) is 5.63. The predicted molar refractivity (Wildman–Crippen MR) is 96.5 cm³/mol. The topological polar surface area (TPSA) is 80.7 Å². The number of amides is 1. The smallest absolute Gasteiger partial charge is 0.255 e. The normalized spacial score (nSPS) is 10.3. The molecule has 1 amide bonds. The molecule has 3 rings (SSSR count). The van der Waals surface area contributed by atoms with Crippen LogP contribution in [0.1, 0.15) is 15.9 Å². The van der Waals surface area contributed by atoms with Crippen molar-refractivity contribution in [2.75, 3.05) is 7.11 Å². The molecule has 0 unspecified atom stereocenters. The first-order valence-corrected chi connectivity index (χ1v) is 8.09. The summed E-state index contributed by atoms with van der Waals surface area (Å²) >= 11 is 0. The number of aromatic nitrogens is 1. The number of phenolic OH excluding ortho intramolecular Hbond substituents is 1. The molecule has 27 heavy (non-hydrogen) atoms. The lowest BCUT2D eigenvalue weighted by molar-refractivity contribution is 0.0948. The SMILES string of the molecule is COc1ccc(C(=O)NCc2ccc(Oc3cccc(F)c3)nc2)c(O)c1. The van der Waals surface area contributed by atoms with Gasteiger partial charge < -0.3 is 19.9 Å². The average Bonchev–Trinajstić information content (AvgIpc) is 2.67. The molecular formula is C20H17FN2O4. The van der Waals surface area contributed by atoms with E-state index in [1.54, 1.807) is 36.5 Å². The second kappa shape index (κ2) is 8.18. The number of nitrogens with one attached hydrogen (secondary N) is 1. The van der Waals surface area contributed by atoms with Crippen LogP contribution in [0.3, 0.4) is 0 Å². The molecule has 0 aliphatic heterocycles. The van der Waals surface area contributed by atoms with Gasteiger partial charge >= 0.3 is 0 Å². The Bertz CT molecular complexity index is 945. The van der Waals surface area contributed by atoms with Gasteiger partial charge in [-0.1, -0.05) is 12.1 Å². The molecule has 0 aliphatic carbocycles. The maximum atomic E-state index is 13.2. The zero-order chi connectivity index (χ0) is 19.2. The Kier molecular flexibility index (Phi) is 5.51. The maximum absolute atomic E-state index is 13.2. The number of rotatable bonds is 6. The molecule has 1 aromatic heterocycles. The highest BCUT2D eigenvalue weighted by Gasteiger charge is 2.12. The molecule has 1 heterocycles. The second-order valence-corrected chi connectivity index (χ2v) is 5.63. The molecule has 3 aromatic rings. The Morgan fingerprint density at radius 2 is 2.00 bits per heavy atom. The summed E-state index contributed by atoms with van der Waals surface area (Å²) < 4.78 is 23.6. The fraction of sp³-hybridized carbons (Fsp3) is 0.100. The molecule has 0 spiro atoms. The summed E-state index contributed by atoms with van der Waals surface area (Å²) in [5, 5.41) is 12.6.